The van der Waals surface area contributed by atoms with Crippen molar-refractivity contribution in [1.29, 1.82) is 0 Å². The monoisotopic (exact) mass is 384 g/mol. The van der Waals surface area contributed by atoms with Crippen LogP contribution in [0.4, 0.5) is 11.4 Å². The third-order valence-electron chi connectivity index (χ3n) is 4.35. The molecule has 1 aliphatic rings. The molecule has 0 atom stereocenters. The van der Waals surface area contributed by atoms with Gasteiger partial charge in [0.25, 0.3) is 0 Å². The molecular formula is C21H24N2O3S. The number of thiophene rings is 1. The minimum absolute atomic E-state index is 0.0542. The predicted octanol–water partition coefficient (Wildman–Crippen LogP) is 4.56. The molecule has 0 unspecified atom stereocenters. The van der Waals surface area contributed by atoms with Crippen molar-refractivity contribution in [3.8, 4) is 5.75 Å². The van der Waals surface area contributed by atoms with E-state index in [1.165, 1.54) is 6.08 Å². The standard InChI is InChI=1S/C21H24N2O3S/c1-4-10-23-17-7-6-16(12-18(17)26-14-21(2,3)20(23)25)22-19(24)8-5-15-9-11-27-13-15/h5-9,11-13H,4,10,14H2,1-3H3,(H,22,24)/b8-5+. The van der Waals surface area contributed by atoms with Crippen LogP contribution >= 0.6 is 11.3 Å². The summed E-state index contributed by atoms with van der Waals surface area (Å²) in [6.45, 7) is 6.76. The number of nitrogens with one attached hydrogen (secondary N) is 1. The van der Waals surface area contributed by atoms with Gasteiger partial charge in [0.1, 0.15) is 12.4 Å². The number of anilines is 2. The zero-order valence-electron chi connectivity index (χ0n) is 15.8. The molecule has 1 aromatic carbocycles. The van der Waals surface area contributed by atoms with Crippen LogP contribution in [0.1, 0.15) is 32.8 Å². The van der Waals surface area contributed by atoms with Gasteiger partial charge in [-0.1, -0.05) is 6.92 Å². The van der Waals surface area contributed by atoms with E-state index >= 15 is 0 Å². The van der Waals surface area contributed by atoms with Crippen LogP contribution in [-0.4, -0.2) is 25.0 Å². The van der Waals surface area contributed by atoms with Gasteiger partial charge >= 0.3 is 0 Å². The molecule has 27 heavy (non-hydrogen) atoms. The largest absolute Gasteiger partial charge is 0.490 e. The second kappa shape index (κ2) is 7.96. The number of fused-ring (bicyclic) bond motifs is 1. The van der Waals surface area contributed by atoms with E-state index < -0.39 is 5.41 Å². The van der Waals surface area contributed by atoms with Crippen molar-refractivity contribution in [1.82, 2.24) is 0 Å². The van der Waals surface area contributed by atoms with Crippen molar-refractivity contribution in [2.45, 2.75) is 27.2 Å². The highest BCUT2D eigenvalue weighted by Gasteiger charge is 2.37. The van der Waals surface area contributed by atoms with Crippen LogP contribution in [0.5, 0.6) is 5.75 Å². The third kappa shape index (κ3) is 4.39. The van der Waals surface area contributed by atoms with E-state index in [2.05, 4.69) is 5.32 Å². The van der Waals surface area contributed by atoms with Crippen molar-refractivity contribution in [3.63, 3.8) is 0 Å². The molecule has 0 aliphatic carbocycles. The fourth-order valence-corrected chi connectivity index (χ4v) is 3.52. The molecule has 1 aromatic heterocycles. The van der Waals surface area contributed by atoms with Crippen molar-refractivity contribution in [3.05, 3.63) is 46.7 Å². The van der Waals surface area contributed by atoms with Crippen LogP contribution in [0.2, 0.25) is 0 Å². The summed E-state index contributed by atoms with van der Waals surface area (Å²) >= 11 is 1.59. The number of carbonyl (C=O) groups excluding carboxylic acids is 2. The van der Waals surface area contributed by atoms with E-state index in [0.29, 0.717) is 24.6 Å². The Bertz CT molecular complexity index is 856. The maximum atomic E-state index is 12.8. The van der Waals surface area contributed by atoms with Gasteiger partial charge in [-0.15, -0.1) is 0 Å². The van der Waals surface area contributed by atoms with Gasteiger partial charge in [0.05, 0.1) is 11.1 Å². The molecule has 0 bridgehead atoms. The lowest BCUT2D eigenvalue weighted by Gasteiger charge is -2.27. The highest BCUT2D eigenvalue weighted by atomic mass is 32.1. The van der Waals surface area contributed by atoms with Gasteiger partial charge in [-0.25, -0.2) is 0 Å². The SMILES string of the molecule is CCCN1C(=O)C(C)(C)COc2cc(NC(=O)/C=C/c3ccsc3)ccc21. The van der Waals surface area contributed by atoms with E-state index in [1.54, 1.807) is 34.4 Å². The Morgan fingerprint density at radius 3 is 2.89 bits per heavy atom. The topological polar surface area (TPSA) is 58.6 Å². The maximum Gasteiger partial charge on any atom is 0.248 e. The lowest BCUT2D eigenvalue weighted by molar-refractivity contribution is -0.127. The minimum atomic E-state index is -0.596. The number of carbonyl (C=O) groups is 2. The van der Waals surface area contributed by atoms with E-state index in [-0.39, 0.29) is 11.8 Å². The Kier molecular flexibility index (Phi) is 5.65. The third-order valence-corrected chi connectivity index (χ3v) is 5.05. The smallest absolute Gasteiger partial charge is 0.248 e. The van der Waals surface area contributed by atoms with E-state index in [0.717, 1.165) is 17.7 Å². The molecular weight excluding hydrogens is 360 g/mol. The summed E-state index contributed by atoms with van der Waals surface area (Å²) in [6.07, 6.45) is 4.13. The highest BCUT2D eigenvalue weighted by Crippen LogP contribution is 2.38. The second-order valence-electron chi connectivity index (χ2n) is 7.19. The summed E-state index contributed by atoms with van der Waals surface area (Å²) in [5.74, 6) is 0.456. The first-order valence-corrected chi connectivity index (χ1v) is 9.95. The first-order chi connectivity index (χ1) is 12.9. The molecule has 0 saturated carbocycles. The number of ether oxygens (including phenoxy) is 1. The van der Waals surface area contributed by atoms with Crippen LogP contribution in [0.25, 0.3) is 6.08 Å². The fourth-order valence-electron chi connectivity index (χ4n) is 2.90. The summed E-state index contributed by atoms with van der Waals surface area (Å²) in [7, 11) is 0. The van der Waals surface area contributed by atoms with Gasteiger partial charge in [-0.05, 0) is 60.9 Å². The molecule has 3 rings (SSSR count). The molecule has 0 fully saturated rings. The van der Waals surface area contributed by atoms with Gasteiger partial charge in [0.2, 0.25) is 11.8 Å². The molecule has 142 valence electrons. The highest BCUT2D eigenvalue weighted by molar-refractivity contribution is 7.08. The number of nitrogens with zero attached hydrogens (tertiary/aromatic N) is 1. The molecule has 2 amide bonds. The number of amides is 2. The molecule has 1 N–H and O–H groups in total. The average molecular weight is 385 g/mol. The molecule has 5 nitrogen and oxygen atoms in total. The van der Waals surface area contributed by atoms with Crippen molar-refractivity contribution in [2.24, 2.45) is 5.41 Å². The van der Waals surface area contributed by atoms with E-state index in [1.807, 2.05) is 43.7 Å². The zero-order valence-corrected chi connectivity index (χ0v) is 16.6. The Morgan fingerprint density at radius 2 is 2.19 bits per heavy atom. The number of hydrogen-bond acceptors (Lipinski definition) is 4. The quantitative estimate of drug-likeness (QED) is 0.769. The lowest BCUT2D eigenvalue weighted by Crippen LogP contribution is -2.42. The Labute approximate surface area is 163 Å². The average Bonchev–Trinajstić information content (AvgIpc) is 3.13. The maximum absolute atomic E-state index is 12.8. The van der Waals surface area contributed by atoms with Crippen molar-refractivity contribution >= 4 is 40.6 Å². The molecule has 6 heteroatoms. The van der Waals surface area contributed by atoms with Crippen molar-refractivity contribution in [2.75, 3.05) is 23.4 Å². The van der Waals surface area contributed by atoms with Gasteiger partial charge in [-0.2, -0.15) is 11.3 Å². The second-order valence-corrected chi connectivity index (χ2v) is 7.97. The van der Waals surface area contributed by atoms with Gasteiger partial charge < -0.3 is 15.0 Å². The summed E-state index contributed by atoms with van der Waals surface area (Å²) in [5.41, 5.74) is 1.79. The number of rotatable bonds is 5. The molecule has 2 heterocycles. The lowest BCUT2D eigenvalue weighted by atomic mass is 9.93. The van der Waals surface area contributed by atoms with Crippen molar-refractivity contribution < 1.29 is 14.3 Å². The van der Waals surface area contributed by atoms with Crippen LogP contribution in [0.3, 0.4) is 0 Å². The van der Waals surface area contributed by atoms with Crippen LogP contribution in [-0.2, 0) is 9.59 Å². The Hall–Kier alpha value is -2.60. The van der Waals surface area contributed by atoms with E-state index in [9.17, 15) is 9.59 Å². The van der Waals surface area contributed by atoms with Crippen LogP contribution in [0.15, 0.2) is 41.1 Å². The first kappa shape index (κ1) is 19.2. The molecule has 0 radical (unpaired) electrons. The van der Waals surface area contributed by atoms with E-state index in [4.69, 9.17) is 4.74 Å². The summed E-state index contributed by atoms with van der Waals surface area (Å²) in [6, 6.07) is 7.37. The molecule has 2 aromatic rings. The normalized spacial score (nSPS) is 16.0. The minimum Gasteiger partial charge on any atom is -0.490 e. The number of benzene rings is 1. The molecule has 0 saturated heterocycles. The van der Waals surface area contributed by atoms with Crippen LogP contribution < -0.4 is 15.0 Å². The molecule has 1 aliphatic heterocycles. The number of hydrogen-bond donors (Lipinski definition) is 1. The Balaban J connectivity index is 1.80. The molecule has 0 spiro atoms. The van der Waals surface area contributed by atoms with Crippen LogP contribution in [0, 0.1) is 5.41 Å². The summed E-state index contributed by atoms with van der Waals surface area (Å²) < 4.78 is 5.92. The predicted molar refractivity (Wildman–Crippen MR) is 110 cm³/mol. The van der Waals surface area contributed by atoms with Gasteiger partial charge in [-0.3, -0.25) is 9.59 Å². The first-order valence-electron chi connectivity index (χ1n) is 9.01. The fraction of sp³-hybridized carbons (Fsp3) is 0.333. The van der Waals surface area contributed by atoms with Gasteiger partial charge in [0, 0.05) is 24.4 Å². The summed E-state index contributed by atoms with van der Waals surface area (Å²) in [4.78, 5) is 26.8. The van der Waals surface area contributed by atoms with Gasteiger partial charge in [0.15, 0.2) is 0 Å². The summed E-state index contributed by atoms with van der Waals surface area (Å²) in [5, 5.41) is 6.79. The zero-order chi connectivity index (χ0) is 19.4. The Morgan fingerprint density at radius 1 is 1.37 bits per heavy atom.